The third-order valence-corrected chi connectivity index (χ3v) is 14.3. The molecule has 0 radical (unpaired) electrons. The van der Waals surface area contributed by atoms with Crippen molar-refractivity contribution in [2.45, 2.75) is 63.2 Å². The second-order valence-corrected chi connectivity index (χ2v) is 18.0. The molecule has 4 fully saturated rings. The van der Waals surface area contributed by atoms with E-state index in [4.69, 9.17) is 0 Å². The lowest BCUT2D eigenvalue weighted by Crippen LogP contribution is -2.48. The van der Waals surface area contributed by atoms with Gasteiger partial charge in [0, 0.05) is 22.5 Å². The molecule has 274 valence electrons. The van der Waals surface area contributed by atoms with Crippen molar-refractivity contribution in [2.75, 3.05) is 4.90 Å². The second-order valence-electron chi connectivity index (χ2n) is 18.0. The van der Waals surface area contributed by atoms with E-state index >= 15 is 0 Å². The van der Waals surface area contributed by atoms with Gasteiger partial charge in [0.1, 0.15) is 0 Å². The summed E-state index contributed by atoms with van der Waals surface area (Å²) in [5, 5.41) is 0. The van der Waals surface area contributed by atoms with Gasteiger partial charge in [0.05, 0.1) is 0 Å². The van der Waals surface area contributed by atoms with Gasteiger partial charge in [0.25, 0.3) is 0 Å². The van der Waals surface area contributed by atoms with E-state index in [0.29, 0.717) is 5.41 Å². The normalized spacial score (nSPS) is 22.4. The second kappa shape index (κ2) is 13.0. The number of benzene rings is 7. The van der Waals surface area contributed by atoms with E-state index in [-0.39, 0.29) is 5.41 Å². The van der Waals surface area contributed by atoms with Crippen LogP contribution in [0.25, 0.3) is 44.5 Å². The van der Waals surface area contributed by atoms with E-state index < -0.39 is 0 Å². The molecule has 0 heterocycles. The Balaban J connectivity index is 0.998. The van der Waals surface area contributed by atoms with Gasteiger partial charge in [-0.2, -0.15) is 0 Å². The third kappa shape index (κ3) is 5.42. The molecule has 0 amide bonds. The summed E-state index contributed by atoms with van der Waals surface area (Å²) in [6, 6.07) is 63.7. The Morgan fingerprint density at radius 2 is 0.839 bits per heavy atom. The van der Waals surface area contributed by atoms with E-state index in [9.17, 15) is 0 Å². The first-order chi connectivity index (χ1) is 27.4. The standard InChI is InChI=1S/C55H49N/c1-54(2)52-19-11-10-18-50(52)51-29-28-45(33-53(51)54)56(44-26-22-42(23-27-44)55-34-37-30-38(35-55)32-39(31-37)36-55)43-24-20-41(21-25-43)47-15-7-9-17-49(47)48-16-8-6-14-46(48)40-12-4-3-5-13-40/h3-29,33,37-39H,30-32,34-36H2,1-2H3. The summed E-state index contributed by atoms with van der Waals surface area (Å²) in [4.78, 5) is 2.49. The van der Waals surface area contributed by atoms with Crippen molar-refractivity contribution in [2.24, 2.45) is 17.8 Å². The van der Waals surface area contributed by atoms with Gasteiger partial charge in [-0.15, -0.1) is 0 Å². The Morgan fingerprint density at radius 3 is 1.43 bits per heavy atom. The fourth-order valence-corrected chi connectivity index (χ4v) is 12.1. The fraction of sp³-hybridized carbons (Fsp3) is 0.236. The molecule has 0 aromatic heterocycles. The summed E-state index contributed by atoms with van der Waals surface area (Å²) in [6.45, 7) is 4.77. The lowest BCUT2D eigenvalue weighted by atomic mass is 9.48. The molecule has 12 rings (SSSR count). The average molecular weight is 724 g/mol. The van der Waals surface area contributed by atoms with Crippen LogP contribution in [0.4, 0.5) is 17.1 Å². The van der Waals surface area contributed by atoms with Crippen LogP contribution in [0, 0.1) is 17.8 Å². The molecular weight excluding hydrogens is 675 g/mol. The number of fused-ring (bicyclic) bond motifs is 3. The lowest BCUT2D eigenvalue weighted by Gasteiger charge is -2.57. The highest BCUT2D eigenvalue weighted by atomic mass is 15.1. The zero-order valence-electron chi connectivity index (χ0n) is 32.6. The van der Waals surface area contributed by atoms with Gasteiger partial charge in [0.2, 0.25) is 0 Å². The Kier molecular flexibility index (Phi) is 7.79. The third-order valence-electron chi connectivity index (χ3n) is 14.3. The molecule has 0 aliphatic heterocycles. The molecule has 5 aliphatic carbocycles. The molecule has 1 nitrogen and oxygen atoms in total. The quantitative estimate of drug-likeness (QED) is 0.158. The van der Waals surface area contributed by atoms with Crippen molar-refractivity contribution in [3.8, 4) is 44.5 Å². The van der Waals surface area contributed by atoms with E-state index in [1.807, 2.05) is 0 Å². The van der Waals surface area contributed by atoms with Crippen molar-refractivity contribution in [3.63, 3.8) is 0 Å². The Morgan fingerprint density at radius 1 is 0.393 bits per heavy atom. The summed E-state index contributed by atoms with van der Waals surface area (Å²) in [5.74, 6) is 2.81. The van der Waals surface area contributed by atoms with Gasteiger partial charge in [0.15, 0.2) is 0 Å². The zero-order valence-corrected chi connectivity index (χ0v) is 32.6. The maximum absolute atomic E-state index is 2.50. The average Bonchev–Trinajstić information content (AvgIpc) is 3.46. The molecule has 7 aromatic carbocycles. The molecule has 0 spiro atoms. The summed E-state index contributed by atoms with van der Waals surface area (Å²) in [7, 11) is 0. The first-order valence-corrected chi connectivity index (χ1v) is 20.9. The zero-order chi connectivity index (χ0) is 37.4. The Bertz CT molecular complexity index is 2540. The van der Waals surface area contributed by atoms with Crippen molar-refractivity contribution in [3.05, 3.63) is 187 Å². The molecular formula is C55H49N. The Hall–Kier alpha value is -5.66. The van der Waals surface area contributed by atoms with Gasteiger partial charge in [-0.25, -0.2) is 0 Å². The van der Waals surface area contributed by atoms with Gasteiger partial charge in [-0.1, -0.05) is 147 Å². The first kappa shape index (κ1) is 33.7. The van der Waals surface area contributed by atoms with Crippen LogP contribution in [0.3, 0.4) is 0 Å². The van der Waals surface area contributed by atoms with E-state index in [1.54, 1.807) is 5.56 Å². The molecule has 4 saturated carbocycles. The predicted octanol–water partition coefficient (Wildman–Crippen LogP) is 14.9. The van der Waals surface area contributed by atoms with E-state index in [1.165, 1.54) is 111 Å². The highest BCUT2D eigenvalue weighted by molar-refractivity contribution is 5.92. The van der Waals surface area contributed by atoms with Gasteiger partial charge in [-0.3, -0.25) is 0 Å². The van der Waals surface area contributed by atoms with Crippen LogP contribution >= 0.6 is 0 Å². The van der Waals surface area contributed by atoms with Crippen molar-refractivity contribution >= 4 is 17.1 Å². The predicted molar refractivity (Wildman–Crippen MR) is 235 cm³/mol. The molecule has 0 N–H and O–H groups in total. The number of hydrogen-bond acceptors (Lipinski definition) is 1. The minimum atomic E-state index is -0.0699. The van der Waals surface area contributed by atoms with E-state index in [0.717, 1.165) is 17.8 Å². The molecule has 0 atom stereocenters. The molecule has 0 unspecified atom stereocenters. The van der Waals surface area contributed by atoms with Crippen LogP contribution in [-0.2, 0) is 10.8 Å². The van der Waals surface area contributed by atoms with Crippen LogP contribution in [0.2, 0.25) is 0 Å². The summed E-state index contributed by atoms with van der Waals surface area (Å²) in [5.41, 5.74) is 18.5. The fourth-order valence-electron chi connectivity index (χ4n) is 12.1. The van der Waals surface area contributed by atoms with Gasteiger partial charge >= 0.3 is 0 Å². The van der Waals surface area contributed by atoms with Crippen LogP contribution in [0.15, 0.2) is 170 Å². The number of anilines is 3. The van der Waals surface area contributed by atoms with Crippen molar-refractivity contribution in [1.82, 2.24) is 0 Å². The van der Waals surface area contributed by atoms with Gasteiger partial charge < -0.3 is 4.90 Å². The minimum absolute atomic E-state index is 0.0699. The number of hydrogen-bond donors (Lipinski definition) is 0. The van der Waals surface area contributed by atoms with Crippen LogP contribution in [-0.4, -0.2) is 0 Å². The van der Waals surface area contributed by atoms with Gasteiger partial charge in [-0.05, 0) is 159 Å². The summed E-state index contributed by atoms with van der Waals surface area (Å²) < 4.78 is 0. The van der Waals surface area contributed by atoms with Crippen LogP contribution < -0.4 is 4.90 Å². The number of rotatable bonds is 7. The summed E-state index contributed by atoms with van der Waals surface area (Å²) >= 11 is 0. The maximum atomic E-state index is 2.50. The number of nitrogens with zero attached hydrogens (tertiary/aromatic N) is 1. The highest BCUT2D eigenvalue weighted by Crippen LogP contribution is 2.61. The maximum Gasteiger partial charge on any atom is 0.0465 e. The SMILES string of the molecule is CC1(C)c2ccccc2-c2ccc(N(c3ccc(-c4ccccc4-c4ccccc4-c4ccccc4)cc3)c3ccc(C45CC6CC(CC(C6)C4)C5)cc3)cc21. The smallest absolute Gasteiger partial charge is 0.0465 e. The Labute approximate surface area is 332 Å². The lowest BCUT2D eigenvalue weighted by molar-refractivity contribution is -0.00518. The molecule has 4 bridgehead atoms. The molecule has 5 aliphatic rings. The molecule has 0 saturated heterocycles. The van der Waals surface area contributed by atoms with Crippen molar-refractivity contribution < 1.29 is 0 Å². The molecule has 1 heteroatoms. The first-order valence-electron chi connectivity index (χ1n) is 20.9. The summed E-state index contributed by atoms with van der Waals surface area (Å²) in [6.07, 6.45) is 8.60. The molecule has 56 heavy (non-hydrogen) atoms. The van der Waals surface area contributed by atoms with E-state index in [2.05, 4.69) is 189 Å². The van der Waals surface area contributed by atoms with Crippen molar-refractivity contribution in [1.29, 1.82) is 0 Å². The van der Waals surface area contributed by atoms with Crippen LogP contribution in [0.1, 0.15) is 69.1 Å². The van der Waals surface area contributed by atoms with Crippen LogP contribution in [0.5, 0.6) is 0 Å². The highest BCUT2D eigenvalue weighted by Gasteiger charge is 2.51. The monoisotopic (exact) mass is 723 g/mol. The molecule has 7 aromatic rings. The topological polar surface area (TPSA) is 3.24 Å². The largest absolute Gasteiger partial charge is 0.310 e. The minimum Gasteiger partial charge on any atom is -0.310 e.